The summed E-state index contributed by atoms with van der Waals surface area (Å²) in [6, 6.07) is 15.0. The molecule has 0 fully saturated rings. The predicted molar refractivity (Wildman–Crippen MR) is 90.8 cm³/mol. The van der Waals surface area contributed by atoms with E-state index in [1.54, 1.807) is 0 Å². The molecule has 0 saturated carbocycles. The van der Waals surface area contributed by atoms with E-state index in [-0.39, 0.29) is 0 Å². The molecule has 0 bridgehead atoms. The van der Waals surface area contributed by atoms with E-state index in [2.05, 4.69) is 89.5 Å². The van der Waals surface area contributed by atoms with Gasteiger partial charge in [0.1, 0.15) is 0 Å². The average molecular weight is 333 g/mol. The molecule has 0 radical (unpaired) electrons. The van der Waals surface area contributed by atoms with Gasteiger partial charge in [-0.1, -0.05) is 47.1 Å². The number of hydrogen-bond donors (Lipinski definition) is 1. The van der Waals surface area contributed by atoms with Gasteiger partial charge >= 0.3 is 0 Å². The Morgan fingerprint density at radius 3 is 2.55 bits per heavy atom. The average Bonchev–Trinajstić information content (AvgIpc) is 2.46. The quantitative estimate of drug-likeness (QED) is 0.858. The van der Waals surface area contributed by atoms with Crippen molar-refractivity contribution in [3.05, 3.63) is 58.1 Å². The molecular formula is C17H21BrN2. The maximum Gasteiger partial charge on any atom is 0.0437 e. The Morgan fingerprint density at radius 2 is 1.90 bits per heavy atom. The van der Waals surface area contributed by atoms with E-state index in [1.165, 1.54) is 22.5 Å². The number of para-hydroxylation sites is 1. The van der Waals surface area contributed by atoms with Crippen molar-refractivity contribution in [3.8, 4) is 0 Å². The first-order valence-corrected chi connectivity index (χ1v) is 7.71. The van der Waals surface area contributed by atoms with Crippen LogP contribution in [0.15, 0.2) is 46.9 Å². The highest BCUT2D eigenvalue weighted by Crippen LogP contribution is 2.30. The number of benzene rings is 2. The van der Waals surface area contributed by atoms with Gasteiger partial charge in [-0.3, -0.25) is 0 Å². The van der Waals surface area contributed by atoms with Crippen LogP contribution in [-0.2, 0) is 6.54 Å². The van der Waals surface area contributed by atoms with Gasteiger partial charge in [0.05, 0.1) is 0 Å². The maximum atomic E-state index is 3.67. The van der Waals surface area contributed by atoms with Gasteiger partial charge in [0, 0.05) is 29.4 Å². The van der Waals surface area contributed by atoms with Crippen molar-refractivity contribution in [2.45, 2.75) is 20.4 Å². The van der Waals surface area contributed by atoms with Gasteiger partial charge < -0.3 is 10.2 Å². The molecule has 0 spiro atoms. The Bertz CT molecular complexity index is 581. The van der Waals surface area contributed by atoms with Gasteiger partial charge in [0.15, 0.2) is 0 Å². The fraction of sp³-hybridized carbons (Fsp3) is 0.294. The molecule has 2 nitrogen and oxygen atoms in total. The number of hydrogen-bond acceptors (Lipinski definition) is 2. The number of aryl methyl sites for hydroxylation is 1. The minimum absolute atomic E-state index is 0.894. The predicted octanol–water partition coefficient (Wildman–Crippen LogP) is 4.63. The summed E-state index contributed by atoms with van der Waals surface area (Å²) in [6.45, 7) is 6.14. The van der Waals surface area contributed by atoms with E-state index in [9.17, 15) is 0 Å². The third kappa shape index (κ3) is 3.41. The fourth-order valence-corrected chi connectivity index (χ4v) is 2.73. The summed E-state index contributed by atoms with van der Waals surface area (Å²) in [4.78, 5) is 2.22. The van der Waals surface area contributed by atoms with Crippen molar-refractivity contribution in [2.24, 2.45) is 0 Å². The lowest BCUT2D eigenvalue weighted by Crippen LogP contribution is -2.13. The first-order chi connectivity index (χ1) is 9.63. The third-order valence-corrected chi connectivity index (χ3v) is 4.20. The van der Waals surface area contributed by atoms with Crippen LogP contribution in [-0.4, -0.2) is 13.6 Å². The van der Waals surface area contributed by atoms with Crippen LogP contribution in [0.3, 0.4) is 0 Å². The van der Waals surface area contributed by atoms with Crippen LogP contribution in [0.2, 0.25) is 0 Å². The number of nitrogens with one attached hydrogen (secondary N) is 1. The molecule has 0 amide bonds. The summed E-state index contributed by atoms with van der Waals surface area (Å²) >= 11 is 3.67. The Hall–Kier alpha value is -1.32. The fourth-order valence-electron chi connectivity index (χ4n) is 2.23. The molecule has 0 atom stereocenters. The molecule has 0 aliphatic rings. The van der Waals surface area contributed by atoms with Gasteiger partial charge in [-0.05, 0) is 42.8 Å². The molecule has 0 heterocycles. The second kappa shape index (κ2) is 6.91. The largest absolute Gasteiger partial charge is 0.344 e. The molecule has 0 unspecified atom stereocenters. The Morgan fingerprint density at radius 1 is 1.15 bits per heavy atom. The normalized spacial score (nSPS) is 10.6. The lowest BCUT2D eigenvalue weighted by Gasteiger charge is -2.22. The van der Waals surface area contributed by atoms with Crippen molar-refractivity contribution < 1.29 is 0 Å². The number of halogens is 1. The lowest BCUT2D eigenvalue weighted by atomic mass is 10.1. The van der Waals surface area contributed by atoms with Gasteiger partial charge in [0.2, 0.25) is 0 Å². The number of anilines is 2. The molecule has 0 saturated heterocycles. The molecule has 3 heteroatoms. The molecular weight excluding hydrogens is 312 g/mol. The van der Waals surface area contributed by atoms with Crippen LogP contribution in [0.4, 0.5) is 11.4 Å². The van der Waals surface area contributed by atoms with E-state index in [0.29, 0.717) is 0 Å². The molecule has 20 heavy (non-hydrogen) atoms. The van der Waals surface area contributed by atoms with Crippen LogP contribution in [0.25, 0.3) is 0 Å². The highest BCUT2D eigenvalue weighted by molar-refractivity contribution is 9.10. The van der Waals surface area contributed by atoms with Gasteiger partial charge in [-0.2, -0.15) is 0 Å². The summed E-state index contributed by atoms with van der Waals surface area (Å²) in [6.07, 6.45) is 0. The smallest absolute Gasteiger partial charge is 0.0437 e. The first kappa shape index (κ1) is 15.1. The van der Waals surface area contributed by atoms with Crippen molar-refractivity contribution >= 4 is 27.3 Å². The Kier molecular flexibility index (Phi) is 5.21. The molecule has 0 aliphatic carbocycles. The monoisotopic (exact) mass is 332 g/mol. The highest BCUT2D eigenvalue weighted by atomic mass is 79.9. The Balaban J connectivity index is 2.25. The van der Waals surface area contributed by atoms with Gasteiger partial charge in [-0.15, -0.1) is 0 Å². The molecule has 2 rings (SSSR count). The zero-order chi connectivity index (χ0) is 14.5. The van der Waals surface area contributed by atoms with Crippen molar-refractivity contribution in [1.82, 2.24) is 5.32 Å². The van der Waals surface area contributed by atoms with E-state index < -0.39 is 0 Å². The van der Waals surface area contributed by atoms with Crippen molar-refractivity contribution in [3.63, 3.8) is 0 Å². The number of rotatable bonds is 5. The summed E-state index contributed by atoms with van der Waals surface area (Å²) < 4.78 is 1.15. The molecule has 0 aliphatic heterocycles. The van der Waals surface area contributed by atoms with E-state index in [4.69, 9.17) is 0 Å². The summed E-state index contributed by atoms with van der Waals surface area (Å²) in [5.74, 6) is 0. The zero-order valence-electron chi connectivity index (χ0n) is 12.3. The van der Waals surface area contributed by atoms with E-state index in [0.717, 1.165) is 17.6 Å². The standard InChI is InChI=1S/C17H21BrN2/c1-4-19-12-14-9-10-15(11-16(14)18)20(3)17-8-6-5-7-13(17)2/h5-11,19H,4,12H2,1-3H3. The van der Waals surface area contributed by atoms with Crippen molar-refractivity contribution in [1.29, 1.82) is 0 Å². The number of nitrogens with zero attached hydrogens (tertiary/aromatic N) is 1. The first-order valence-electron chi connectivity index (χ1n) is 6.92. The van der Waals surface area contributed by atoms with E-state index >= 15 is 0 Å². The van der Waals surface area contributed by atoms with Crippen LogP contribution < -0.4 is 10.2 Å². The summed E-state index contributed by atoms with van der Waals surface area (Å²) in [7, 11) is 2.11. The van der Waals surface area contributed by atoms with Crippen LogP contribution >= 0.6 is 15.9 Å². The highest BCUT2D eigenvalue weighted by Gasteiger charge is 2.08. The summed E-state index contributed by atoms with van der Waals surface area (Å²) in [5, 5.41) is 3.35. The van der Waals surface area contributed by atoms with E-state index in [1.807, 2.05) is 0 Å². The maximum absolute atomic E-state index is 3.67. The topological polar surface area (TPSA) is 15.3 Å². The SMILES string of the molecule is CCNCc1ccc(N(C)c2ccccc2C)cc1Br. The third-order valence-electron chi connectivity index (χ3n) is 3.47. The van der Waals surface area contributed by atoms with Crippen LogP contribution in [0, 0.1) is 6.92 Å². The van der Waals surface area contributed by atoms with Crippen molar-refractivity contribution in [2.75, 3.05) is 18.5 Å². The van der Waals surface area contributed by atoms with Gasteiger partial charge in [-0.25, -0.2) is 0 Å². The second-order valence-corrected chi connectivity index (χ2v) is 5.76. The molecule has 106 valence electrons. The molecule has 2 aromatic carbocycles. The van der Waals surface area contributed by atoms with Crippen LogP contribution in [0.1, 0.15) is 18.1 Å². The molecule has 0 aromatic heterocycles. The minimum atomic E-state index is 0.894. The lowest BCUT2D eigenvalue weighted by molar-refractivity contribution is 0.725. The zero-order valence-corrected chi connectivity index (χ0v) is 13.9. The molecule has 2 aromatic rings. The minimum Gasteiger partial charge on any atom is -0.344 e. The van der Waals surface area contributed by atoms with Crippen LogP contribution in [0.5, 0.6) is 0 Å². The summed E-state index contributed by atoms with van der Waals surface area (Å²) in [5.41, 5.74) is 4.99. The van der Waals surface area contributed by atoms with Gasteiger partial charge in [0.25, 0.3) is 0 Å². The molecule has 1 N–H and O–H groups in total. The second-order valence-electron chi connectivity index (χ2n) is 4.90. The Labute approximate surface area is 129 Å².